The molecule has 7 nitrogen and oxygen atoms in total. The smallest absolute Gasteiger partial charge is 0.307 e. The van der Waals surface area contributed by atoms with Crippen LogP contribution in [0.5, 0.6) is 11.5 Å². The molecule has 2 N–H and O–H groups in total. The number of ether oxygens (including phenoxy) is 2. The van der Waals surface area contributed by atoms with Crippen molar-refractivity contribution in [2.45, 2.75) is 31.1 Å². The summed E-state index contributed by atoms with van der Waals surface area (Å²) in [6.45, 7) is 1.81. The van der Waals surface area contributed by atoms with E-state index in [1.54, 1.807) is 38.3 Å². The molecule has 8 heteroatoms. The van der Waals surface area contributed by atoms with Gasteiger partial charge in [0.1, 0.15) is 17.6 Å². The normalized spacial score (nSPS) is 22.0. The molecule has 1 aromatic rings. The van der Waals surface area contributed by atoms with Crippen molar-refractivity contribution in [1.29, 1.82) is 0 Å². The van der Waals surface area contributed by atoms with E-state index in [9.17, 15) is 13.2 Å². The summed E-state index contributed by atoms with van der Waals surface area (Å²) in [5, 5.41) is 8.10. The van der Waals surface area contributed by atoms with Crippen LogP contribution < -0.4 is 14.2 Å². The average Bonchev–Trinajstić information content (AvgIpc) is 2.43. The Morgan fingerprint density at radius 3 is 2.65 bits per heavy atom. The molecule has 0 aromatic heterocycles. The van der Waals surface area contributed by atoms with E-state index in [-0.39, 0.29) is 6.54 Å². The molecule has 1 aromatic carbocycles. The van der Waals surface area contributed by atoms with Gasteiger partial charge < -0.3 is 14.6 Å². The fraction of sp³-hybridized carbons (Fsp3) is 0.533. The molecule has 0 saturated heterocycles. The number of carboxylic acid groups (broad SMARTS) is 1. The molecule has 3 atom stereocenters. The average molecular weight is 343 g/mol. The highest BCUT2D eigenvalue weighted by Gasteiger charge is 2.45. The largest absolute Gasteiger partial charge is 0.497 e. The van der Waals surface area contributed by atoms with Crippen molar-refractivity contribution in [1.82, 2.24) is 4.72 Å². The van der Waals surface area contributed by atoms with E-state index >= 15 is 0 Å². The molecule has 23 heavy (non-hydrogen) atoms. The fourth-order valence-electron chi connectivity index (χ4n) is 2.41. The Morgan fingerprint density at radius 2 is 2.09 bits per heavy atom. The van der Waals surface area contributed by atoms with Crippen LogP contribution in [0.1, 0.15) is 19.8 Å². The first kappa shape index (κ1) is 17.6. The highest BCUT2D eigenvalue weighted by Crippen LogP contribution is 2.33. The Balaban J connectivity index is 1.88. The summed E-state index contributed by atoms with van der Waals surface area (Å²) in [5.74, 6) is -0.661. The van der Waals surface area contributed by atoms with E-state index in [2.05, 4.69) is 4.72 Å². The zero-order chi connectivity index (χ0) is 17.0. The molecule has 0 spiro atoms. The first-order valence-electron chi connectivity index (χ1n) is 7.35. The van der Waals surface area contributed by atoms with Crippen LogP contribution in [0.2, 0.25) is 0 Å². The summed E-state index contributed by atoms with van der Waals surface area (Å²) in [6.07, 6.45) is 0.369. The Bertz CT molecular complexity index is 660. The maximum atomic E-state index is 12.1. The third-order valence-corrected chi connectivity index (χ3v) is 5.81. The van der Waals surface area contributed by atoms with Crippen LogP contribution >= 0.6 is 0 Å². The van der Waals surface area contributed by atoms with Crippen LogP contribution in [-0.4, -0.2) is 44.5 Å². The van der Waals surface area contributed by atoms with Gasteiger partial charge in [-0.1, -0.05) is 6.07 Å². The Labute approximate surface area is 135 Å². The maximum Gasteiger partial charge on any atom is 0.307 e. The van der Waals surface area contributed by atoms with E-state index in [4.69, 9.17) is 14.6 Å². The van der Waals surface area contributed by atoms with Gasteiger partial charge in [-0.15, -0.1) is 0 Å². The van der Waals surface area contributed by atoms with Gasteiger partial charge in [0.15, 0.2) is 0 Å². The minimum Gasteiger partial charge on any atom is -0.497 e. The second kappa shape index (κ2) is 7.18. The molecule has 0 heterocycles. The van der Waals surface area contributed by atoms with Crippen molar-refractivity contribution < 1.29 is 27.8 Å². The molecule has 0 bridgehead atoms. The standard InChI is InChI=1S/C15H21NO6S/c1-10(22-12-5-3-4-11(8-12)21-2)9-16-23(19,20)14-7-6-13(14)15(17)18/h3-5,8,10,13-14,16H,6-7,9H2,1-2H3,(H,17,18). The molecule has 1 aliphatic rings. The molecule has 128 valence electrons. The van der Waals surface area contributed by atoms with Crippen LogP contribution in [0.25, 0.3) is 0 Å². The fourth-order valence-corrected chi connectivity index (χ4v) is 4.22. The van der Waals surface area contributed by atoms with Crippen LogP contribution in [0.3, 0.4) is 0 Å². The predicted octanol–water partition coefficient (Wildman–Crippen LogP) is 1.25. The lowest BCUT2D eigenvalue weighted by Gasteiger charge is -2.32. The van der Waals surface area contributed by atoms with Crippen molar-refractivity contribution in [2.75, 3.05) is 13.7 Å². The van der Waals surface area contributed by atoms with Crippen LogP contribution in [0, 0.1) is 5.92 Å². The van der Waals surface area contributed by atoms with Gasteiger partial charge >= 0.3 is 5.97 Å². The molecule has 1 saturated carbocycles. The number of carboxylic acids is 1. The molecule has 0 aliphatic heterocycles. The highest BCUT2D eigenvalue weighted by molar-refractivity contribution is 7.90. The molecule has 0 radical (unpaired) electrons. The van der Waals surface area contributed by atoms with Crippen LogP contribution in [-0.2, 0) is 14.8 Å². The van der Waals surface area contributed by atoms with Gasteiger partial charge in [0.05, 0.1) is 18.3 Å². The Morgan fingerprint density at radius 1 is 1.39 bits per heavy atom. The number of nitrogens with one attached hydrogen (secondary N) is 1. The maximum absolute atomic E-state index is 12.1. The SMILES string of the molecule is COc1cccc(OC(C)CNS(=O)(=O)C2CCC2C(=O)O)c1. The minimum absolute atomic E-state index is 0.0718. The van der Waals surface area contributed by atoms with Gasteiger partial charge in [-0.25, -0.2) is 13.1 Å². The molecule has 1 fully saturated rings. The van der Waals surface area contributed by atoms with E-state index in [1.165, 1.54) is 0 Å². The first-order chi connectivity index (χ1) is 10.8. The Hall–Kier alpha value is -1.80. The zero-order valence-corrected chi connectivity index (χ0v) is 13.9. The van der Waals surface area contributed by atoms with Crippen LogP contribution in [0.15, 0.2) is 24.3 Å². The van der Waals surface area contributed by atoms with E-state index in [1.807, 2.05) is 0 Å². The van der Waals surface area contributed by atoms with Gasteiger partial charge in [-0.2, -0.15) is 0 Å². The third kappa shape index (κ3) is 4.35. The summed E-state index contributed by atoms with van der Waals surface area (Å²) in [6, 6.07) is 7.01. The molecule has 0 amide bonds. The third-order valence-electron chi connectivity index (χ3n) is 3.88. The zero-order valence-electron chi connectivity index (χ0n) is 13.1. The second-order valence-electron chi connectivity index (χ2n) is 5.56. The minimum atomic E-state index is -3.65. The second-order valence-corrected chi connectivity index (χ2v) is 7.55. The number of aliphatic carboxylic acids is 1. The first-order valence-corrected chi connectivity index (χ1v) is 8.90. The van der Waals surface area contributed by atoms with Gasteiger partial charge in [0.2, 0.25) is 10.0 Å². The summed E-state index contributed by atoms with van der Waals surface area (Å²) >= 11 is 0. The number of sulfonamides is 1. The quantitative estimate of drug-likeness (QED) is 0.736. The van der Waals surface area contributed by atoms with E-state index < -0.39 is 33.3 Å². The lowest BCUT2D eigenvalue weighted by Crippen LogP contribution is -2.49. The van der Waals surface area contributed by atoms with Crippen molar-refractivity contribution in [3.05, 3.63) is 24.3 Å². The molecular weight excluding hydrogens is 322 g/mol. The van der Waals surface area contributed by atoms with Crippen molar-refractivity contribution in [2.24, 2.45) is 5.92 Å². The summed E-state index contributed by atoms with van der Waals surface area (Å²) in [5.41, 5.74) is 0. The molecular formula is C15H21NO6S. The van der Waals surface area contributed by atoms with Gasteiger partial charge in [-0.05, 0) is 31.9 Å². The lowest BCUT2D eigenvalue weighted by atomic mass is 9.85. The van der Waals surface area contributed by atoms with Gasteiger partial charge in [-0.3, -0.25) is 4.79 Å². The van der Waals surface area contributed by atoms with Crippen molar-refractivity contribution >= 4 is 16.0 Å². The predicted molar refractivity (Wildman–Crippen MR) is 84.2 cm³/mol. The Kier molecular flexibility index (Phi) is 5.48. The molecule has 3 unspecified atom stereocenters. The number of hydrogen-bond acceptors (Lipinski definition) is 5. The summed E-state index contributed by atoms with van der Waals surface area (Å²) < 4.78 is 37.4. The number of carbonyl (C=O) groups is 1. The van der Waals surface area contributed by atoms with Gasteiger partial charge in [0, 0.05) is 12.6 Å². The number of hydrogen-bond donors (Lipinski definition) is 2. The topological polar surface area (TPSA) is 102 Å². The van der Waals surface area contributed by atoms with Crippen molar-refractivity contribution in [3.63, 3.8) is 0 Å². The lowest BCUT2D eigenvalue weighted by molar-refractivity contribution is -0.144. The van der Waals surface area contributed by atoms with E-state index in [0.29, 0.717) is 24.3 Å². The molecule has 2 rings (SSSR count). The van der Waals surface area contributed by atoms with Crippen LogP contribution in [0.4, 0.5) is 0 Å². The van der Waals surface area contributed by atoms with Gasteiger partial charge in [0.25, 0.3) is 0 Å². The number of methoxy groups -OCH3 is 1. The monoisotopic (exact) mass is 343 g/mol. The number of rotatable bonds is 8. The number of benzene rings is 1. The molecule has 1 aliphatic carbocycles. The summed E-state index contributed by atoms with van der Waals surface area (Å²) in [7, 11) is -2.10. The van der Waals surface area contributed by atoms with E-state index in [0.717, 1.165) is 0 Å². The van der Waals surface area contributed by atoms with Crippen molar-refractivity contribution in [3.8, 4) is 11.5 Å². The highest BCUT2D eigenvalue weighted by atomic mass is 32.2. The summed E-state index contributed by atoms with van der Waals surface area (Å²) in [4.78, 5) is 10.9.